The van der Waals surface area contributed by atoms with Crippen LogP contribution in [-0.2, 0) is 11.3 Å². The van der Waals surface area contributed by atoms with Gasteiger partial charge in [-0.3, -0.25) is 5.32 Å². The Bertz CT molecular complexity index is 853. The summed E-state index contributed by atoms with van der Waals surface area (Å²) >= 11 is 0. The first-order valence-electron chi connectivity index (χ1n) is 7.26. The van der Waals surface area contributed by atoms with Crippen LogP contribution in [0.25, 0.3) is 17.1 Å². The third-order valence-corrected chi connectivity index (χ3v) is 3.41. The molecule has 2 N–H and O–H groups in total. The summed E-state index contributed by atoms with van der Waals surface area (Å²) in [5.74, 6) is 0.353. The highest BCUT2D eigenvalue weighted by atomic mass is 16.5. The fraction of sp³-hybridized carbons (Fsp3) is 0.111. The largest absolute Gasteiger partial charge is 0.444 e. The van der Waals surface area contributed by atoms with Gasteiger partial charge in [-0.25, -0.2) is 9.78 Å². The molecular weight excluding hydrogens is 290 g/mol. The fourth-order valence-corrected chi connectivity index (χ4v) is 2.36. The van der Waals surface area contributed by atoms with Gasteiger partial charge in [-0.1, -0.05) is 43.0 Å². The minimum Gasteiger partial charge on any atom is -0.444 e. The lowest BCUT2D eigenvalue weighted by atomic mass is 10.1. The summed E-state index contributed by atoms with van der Waals surface area (Å²) in [6.45, 7) is 6.00. The van der Waals surface area contributed by atoms with Gasteiger partial charge in [-0.05, 0) is 30.2 Å². The summed E-state index contributed by atoms with van der Waals surface area (Å²) in [5, 5.41) is 2.61. The lowest BCUT2D eigenvalue weighted by Crippen LogP contribution is -2.14. The van der Waals surface area contributed by atoms with Crippen molar-refractivity contribution in [2.24, 2.45) is 0 Å². The van der Waals surface area contributed by atoms with E-state index in [0.717, 1.165) is 27.7 Å². The van der Waals surface area contributed by atoms with Crippen LogP contribution >= 0.6 is 0 Å². The molecule has 0 saturated heterocycles. The summed E-state index contributed by atoms with van der Waals surface area (Å²) in [6.07, 6.45) is 1.19. The lowest BCUT2D eigenvalue weighted by molar-refractivity contribution is 0.155. The minimum atomic E-state index is -0.551. The number of benzene rings is 2. The second kappa shape index (κ2) is 6.36. The number of hydrogen-bond donors (Lipinski definition) is 2. The highest BCUT2D eigenvalue weighted by Crippen LogP contribution is 2.21. The Labute approximate surface area is 134 Å². The molecule has 0 aliphatic carbocycles. The van der Waals surface area contributed by atoms with Gasteiger partial charge >= 0.3 is 6.09 Å². The Hall–Kier alpha value is -3.08. The molecule has 0 atom stereocenters. The number of anilines is 1. The average molecular weight is 307 g/mol. The maximum atomic E-state index is 11.9. The molecule has 1 heterocycles. The summed E-state index contributed by atoms with van der Waals surface area (Å²) in [6, 6.07) is 13.5. The van der Waals surface area contributed by atoms with Crippen molar-refractivity contribution in [3.8, 4) is 0 Å². The molecule has 0 bridgehead atoms. The average Bonchev–Trinajstić information content (AvgIpc) is 2.95. The van der Waals surface area contributed by atoms with Crippen molar-refractivity contribution in [1.82, 2.24) is 9.97 Å². The molecule has 0 radical (unpaired) electrons. The van der Waals surface area contributed by atoms with Crippen LogP contribution in [-0.4, -0.2) is 16.1 Å². The Morgan fingerprint density at radius 1 is 1.35 bits per heavy atom. The molecule has 1 aromatic heterocycles. The molecule has 0 unspecified atom stereocenters. The summed E-state index contributed by atoms with van der Waals surface area (Å²) in [4.78, 5) is 19.3. The van der Waals surface area contributed by atoms with Gasteiger partial charge < -0.3 is 9.72 Å². The zero-order valence-corrected chi connectivity index (χ0v) is 12.8. The first-order chi connectivity index (χ1) is 11.2. The number of carbonyl (C=O) groups excluding carboxylic acids is 1. The number of rotatable bonds is 4. The number of aromatic nitrogens is 2. The smallest absolute Gasteiger partial charge is 0.414 e. The second-order valence-corrected chi connectivity index (χ2v) is 5.23. The van der Waals surface area contributed by atoms with Crippen molar-refractivity contribution in [1.29, 1.82) is 0 Å². The van der Waals surface area contributed by atoms with Crippen molar-refractivity contribution >= 4 is 29.2 Å². The van der Waals surface area contributed by atoms with E-state index in [4.69, 9.17) is 4.74 Å². The Morgan fingerprint density at radius 3 is 2.87 bits per heavy atom. The van der Waals surface area contributed by atoms with Crippen LogP contribution in [0.15, 0.2) is 49.0 Å². The number of imidazole rings is 1. The predicted molar refractivity (Wildman–Crippen MR) is 91.2 cm³/mol. The molecule has 116 valence electrons. The van der Waals surface area contributed by atoms with E-state index in [1.54, 1.807) is 6.08 Å². The van der Waals surface area contributed by atoms with Crippen molar-refractivity contribution in [3.05, 3.63) is 65.7 Å². The van der Waals surface area contributed by atoms with Gasteiger partial charge in [0.25, 0.3) is 0 Å². The van der Waals surface area contributed by atoms with Crippen molar-refractivity contribution in [3.63, 3.8) is 0 Å². The van der Waals surface area contributed by atoms with Crippen molar-refractivity contribution < 1.29 is 9.53 Å². The fourth-order valence-electron chi connectivity index (χ4n) is 2.36. The number of ether oxygens (including phenoxy) is 1. The second-order valence-electron chi connectivity index (χ2n) is 5.23. The first kappa shape index (κ1) is 14.8. The van der Waals surface area contributed by atoms with Crippen molar-refractivity contribution in [2.75, 3.05) is 5.32 Å². The number of fused-ring (bicyclic) bond motifs is 1. The summed E-state index contributed by atoms with van der Waals surface area (Å²) in [7, 11) is 0. The topological polar surface area (TPSA) is 67.0 Å². The highest BCUT2D eigenvalue weighted by Gasteiger charge is 2.10. The van der Waals surface area contributed by atoms with E-state index in [9.17, 15) is 4.79 Å². The predicted octanol–water partition coefficient (Wildman–Crippen LogP) is 4.26. The highest BCUT2D eigenvalue weighted by molar-refractivity contribution is 5.90. The molecular formula is C18H17N3O2. The third kappa shape index (κ3) is 3.40. The van der Waals surface area contributed by atoms with E-state index in [-0.39, 0.29) is 6.61 Å². The summed E-state index contributed by atoms with van der Waals surface area (Å²) in [5.41, 5.74) is 4.55. The van der Waals surface area contributed by atoms with E-state index >= 15 is 0 Å². The number of aromatic amines is 1. The van der Waals surface area contributed by atoms with Gasteiger partial charge in [0.15, 0.2) is 0 Å². The quantitative estimate of drug-likeness (QED) is 0.756. The Morgan fingerprint density at radius 2 is 2.13 bits per heavy atom. The van der Waals surface area contributed by atoms with Gasteiger partial charge in [0, 0.05) is 5.56 Å². The van der Waals surface area contributed by atoms with E-state index in [1.807, 2.05) is 49.4 Å². The van der Waals surface area contributed by atoms with Gasteiger partial charge in [-0.2, -0.15) is 0 Å². The minimum absolute atomic E-state index is 0.212. The molecule has 5 nitrogen and oxygen atoms in total. The van der Waals surface area contributed by atoms with E-state index < -0.39 is 6.09 Å². The number of nitrogens with zero attached hydrogens (tertiary/aromatic N) is 1. The zero-order valence-electron chi connectivity index (χ0n) is 12.8. The Balaban J connectivity index is 1.71. The Kier molecular flexibility index (Phi) is 4.10. The van der Waals surface area contributed by atoms with Crippen LogP contribution in [0.3, 0.4) is 0 Å². The van der Waals surface area contributed by atoms with Gasteiger partial charge in [0.2, 0.25) is 5.95 Å². The van der Waals surface area contributed by atoms with E-state index in [2.05, 4.69) is 21.9 Å². The van der Waals surface area contributed by atoms with Crippen LogP contribution in [0.2, 0.25) is 0 Å². The number of carbonyl (C=O) groups is 1. The molecule has 1 amide bonds. The number of nitrogens with one attached hydrogen (secondary N) is 2. The third-order valence-electron chi connectivity index (χ3n) is 3.41. The van der Waals surface area contributed by atoms with Crippen molar-refractivity contribution in [2.45, 2.75) is 13.5 Å². The van der Waals surface area contributed by atoms with Crippen LogP contribution < -0.4 is 5.32 Å². The monoisotopic (exact) mass is 307 g/mol. The first-order valence-corrected chi connectivity index (χ1v) is 7.26. The molecule has 0 spiro atoms. The molecule has 5 heteroatoms. The number of H-pyrrole nitrogens is 1. The molecule has 0 fully saturated rings. The van der Waals surface area contributed by atoms with E-state index in [1.165, 1.54) is 0 Å². The standard InChI is InChI=1S/C18H17N3O2/c1-3-14-9-12(2)10-15-16(14)20-17(19-15)21-18(22)23-11-13-7-5-4-6-8-13/h3-10H,1,11H2,2H3,(H2,19,20,21,22). The van der Waals surface area contributed by atoms with Crippen LogP contribution in [0.5, 0.6) is 0 Å². The molecule has 0 aliphatic rings. The van der Waals surface area contributed by atoms with Gasteiger partial charge in [0.05, 0.1) is 11.0 Å². The molecule has 0 aliphatic heterocycles. The maximum Gasteiger partial charge on any atom is 0.414 e. The number of aryl methyl sites for hydroxylation is 1. The van der Waals surface area contributed by atoms with Gasteiger partial charge in [-0.15, -0.1) is 0 Å². The normalized spacial score (nSPS) is 10.5. The number of hydrogen-bond acceptors (Lipinski definition) is 3. The maximum absolute atomic E-state index is 11.9. The molecule has 0 saturated carbocycles. The van der Waals surface area contributed by atoms with Gasteiger partial charge in [0.1, 0.15) is 6.61 Å². The molecule has 3 rings (SSSR count). The molecule has 3 aromatic rings. The summed E-state index contributed by atoms with van der Waals surface area (Å²) < 4.78 is 5.18. The lowest BCUT2D eigenvalue weighted by Gasteiger charge is -2.04. The van der Waals surface area contributed by atoms with E-state index in [0.29, 0.717) is 5.95 Å². The molecule has 23 heavy (non-hydrogen) atoms. The van der Waals surface area contributed by atoms with Crippen LogP contribution in [0.1, 0.15) is 16.7 Å². The zero-order chi connectivity index (χ0) is 16.2. The van der Waals surface area contributed by atoms with Crippen LogP contribution in [0, 0.1) is 6.92 Å². The number of amides is 1. The van der Waals surface area contributed by atoms with Crippen LogP contribution in [0.4, 0.5) is 10.7 Å². The molecule has 2 aromatic carbocycles. The SMILES string of the molecule is C=Cc1cc(C)cc2[nH]c(NC(=O)OCc3ccccc3)nc12.